The molecule has 1 fully saturated rings. The molecular formula is C26H24N2O4. The van der Waals surface area contributed by atoms with E-state index in [1.54, 1.807) is 12.1 Å². The van der Waals surface area contributed by atoms with Crippen LogP contribution in [0.3, 0.4) is 0 Å². The van der Waals surface area contributed by atoms with Crippen LogP contribution in [0.4, 0.5) is 5.69 Å². The van der Waals surface area contributed by atoms with Crippen molar-refractivity contribution in [2.24, 2.45) is 4.99 Å². The van der Waals surface area contributed by atoms with Crippen LogP contribution in [0.15, 0.2) is 71.7 Å². The van der Waals surface area contributed by atoms with Gasteiger partial charge >= 0.3 is 0 Å². The van der Waals surface area contributed by atoms with E-state index in [1.165, 1.54) is 23.3 Å². The minimum Gasteiger partial charge on any atom is -0.350 e. The largest absolute Gasteiger partial charge is 0.350 e. The van der Waals surface area contributed by atoms with E-state index in [-0.39, 0.29) is 22.6 Å². The zero-order chi connectivity index (χ0) is 22.3. The molecule has 0 unspecified atom stereocenters. The molecule has 2 heterocycles. The summed E-state index contributed by atoms with van der Waals surface area (Å²) < 4.78 is 12.4. The third kappa shape index (κ3) is 3.83. The smallest absolute Gasteiger partial charge is 0.269 e. The van der Waals surface area contributed by atoms with Crippen molar-refractivity contribution in [1.29, 1.82) is 0 Å². The molecule has 0 amide bonds. The van der Waals surface area contributed by atoms with Crippen LogP contribution in [0, 0.1) is 10.1 Å². The molecule has 0 N–H and O–H groups in total. The Morgan fingerprint density at radius 2 is 1.75 bits per heavy atom. The van der Waals surface area contributed by atoms with E-state index < -0.39 is 5.79 Å². The van der Waals surface area contributed by atoms with Crippen LogP contribution in [0.1, 0.15) is 48.1 Å². The summed E-state index contributed by atoms with van der Waals surface area (Å²) in [5, 5.41) is 11.1. The Kier molecular flexibility index (Phi) is 5.12. The van der Waals surface area contributed by atoms with Crippen molar-refractivity contribution in [2.75, 3.05) is 6.61 Å². The van der Waals surface area contributed by atoms with Crippen LogP contribution < -0.4 is 0 Å². The van der Waals surface area contributed by atoms with Gasteiger partial charge in [-0.05, 0) is 53.8 Å². The molecule has 2 aliphatic rings. The number of non-ortho nitro benzene ring substituents is 1. The fourth-order valence-electron chi connectivity index (χ4n) is 4.47. The second-order valence-corrected chi connectivity index (χ2v) is 8.68. The molecule has 6 nitrogen and oxygen atoms in total. The van der Waals surface area contributed by atoms with Crippen molar-refractivity contribution < 1.29 is 14.4 Å². The van der Waals surface area contributed by atoms with Gasteiger partial charge in [-0.15, -0.1) is 0 Å². The third-order valence-corrected chi connectivity index (χ3v) is 6.12. The Hall–Kier alpha value is -3.35. The lowest BCUT2D eigenvalue weighted by molar-refractivity contribution is -0.384. The van der Waals surface area contributed by atoms with Crippen molar-refractivity contribution >= 4 is 11.9 Å². The number of nitro benzene ring substituents is 1. The summed E-state index contributed by atoms with van der Waals surface area (Å²) >= 11 is 0. The lowest BCUT2D eigenvalue weighted by Crippen LogP contribution is -2.40. The monoisotopic (exact) mass is 428 g/mol. The number of benzene rings is 3. The zero-order valence-corrected chi connectivity index (χ0v) is 18.0. The van der Waals surface area contributed by atoms with Crippen LogP contribution in [0.25, 0.3) is 11.1 Å². The van der Waals surface area contributed by atoms with Crippen molar-refractivity contribution in [3.8, 4) is 11.1 Å². The summed E-state index contributed by atoms with van der Waals surface area (Å²) in [5.74, 6) is -0.791. The van der Waals surface area contributed by atoms with Gasteiger partial charge in [-0.25, -0.2) is 0 Å². The molecule has 3 aromatic carbocycles. The highest BCUT2D eigenvalue weighted by Gasteiger charge is 2.38. The highest BCUT2D eigenvalue weighted by atomic mass is 16.7. The van der Waals surface area contributed by atoms with Crippen LogP contribution in [-0.4, -0.2) is 23.5 Å². The first-order valence-corrected chi connectivity index (χ1v) is 10.7. The van der Waals surface area contributed by atoms with E-state index >= 15 is 0 Å². The Balaban J connectivity index is 1.56. The molecule has 0 spiro atoms. The minimum atomic E-state index is -0.741. The van der Waals surface area contributed by atoms with Gasteiger partial charge in [0.1, 0.15) is 0 Å². The molecule has 0 aliphatic carbocycles. The van der Waals surface area contributed by atoms with Crippen LogP contribution in [0.2, 0.25) is 0 Å². The number of nitro groups is 1. The number of rotatable bonds is 3. The summed E-state index contributed by atoms with van der Waals surface area (Å²) in [5.41, 5.74) is 6.69. The number of hydrogen-bond donors (Lipinski definition) is 0. The molecule has 0 saturated carbocycles. The third-order valence-electron chi connectivity index (χ3n) is 6.12. The summed E-state index contributed by atoms with van der Waals surface area (Å²) in [6.07, 6.45) is 1.65. The Labute approximate surface area is 186 Å². The number of fused-ring (bicyclic) bond motifs is 3. The van der Waals surface area contributed by atoms with Gasteiger partial charge in [0.05, 0.1) is 24.2 Å². The molecule has 2 atom stereocenters. The van der Waals surface area contributed by atoms with Gasteiger partial charge in [0.15, 0.2) is 5.79 Å². The van der Waals surface area contributed by atoms with Crippen LogP contribution in [-0.2, 0) is 16.0 Å². The summed E-state index contributed by atoms with van der Waals surface area (Å²) in [6, 6.07) is 21.4. The maximum Gasteiger partial charge on any atom is 0.269 e. The van der Waals surface area contributed by atoms with Gasteiger partial charge < -0.3 is 9.47 Å². The van der Waals surface area contributed by atoms with E-state index in [2.05, 4.69) is 35.3 Å². The maximum absolute atomic E-state index is 11.1. The normalized spacial score (nSPS) is 21.3. The Bertz CT molecular complexity index is 1200. The molecule has 5 rings (SSSR count). The van der Waals surface area contributed by atoms with Crippen LogP contribution in [0.5, 0.6) is 0 Å². The lowest BCUT2D eigenvalue weighted by Gasteiger charge is -2.41. The number of hydrogen-bond acceptors (Lipinski definition) is 5. The van der Waals surface area contributed by atoms with Crippen LogP contribution >= 0.6 is 0 Å². The average molecular weight is 428 g/mol. The van der Waals surface area contributed by atoms with Gasteiger partial charge in [0.25, 0.3) is 5.69 Å². The minimum absolute atomic E-state index is 0.0499. The van der Waals surface area contributed by atoms with Crippen molar-refractivity contribution in [3.05, 3.63) is 99.1 Å². The SMILES string of the molecule is CC1(C)OC[C@H](c2ccc3c(c2)-c2ccccc2C=NC3)[C@@H](c2ccc([N+](=O)[O-])cc2)O1. The Morgan fingerprint density at radius 3 is 2.53 bits per heavy atom. The first-order chi connectivity index (χ1) is 15.4. The van der Waals surface area contributed by atoms with Gasteiger partial charge in [-0.2, -0.15) is 0 Å². The fraction of sp³-hybridized carbons (Fsp3) is 0.269. The lowest BCUT2D eigenvalue weighted by atomic mass is 9.85. The van der Waals surface area contributed by atoms with E-state index in [9.17, 15) is 10.1 Å². The summed E-state index contributed by atoms with van der Waals surface area (Å²) in [6.45, 7) is 4.92. The highest BCUT2D eigenvalue weighted by molar-refractivity contribution is 5.92. The molecule has 162 valence electrons. The molecule has 0 bridgehead atoms. The topological polar surface area (TPSA) is 74.0 Å². The number of aliphatic imine (C=N–C) groups is 1. The fourth-order valence-corrected chi connectivity index (χ4v) is 4.47. The zero-order valence-electron chi connectivity index (χ0n) is 18.0. The summed E-state index contributed by atoms with van der Waals surface area (Å²) in [4.78, 5) is 15.3. The first-order valence-electron chi connectivity index (χ1n) is 10.7. The molecule has 0 radical (unpaired) electrons. The van der Waals surface area contributed by atoms with Crippen molar-refractivity contribution in [3.63, 3.8) is 0 Å². The second-order valence-electron chi connectivity index (χ2n) is 8.68. The van der Waals surface area contributed by atoms with Gasteiger partial charge in [-0.1, -0.05) is 42.5 Å². The molecule has 1 saturated heterocycles. The average Bonchev–Trinajstić information content (AvgIpc) is 2.97. The molecule has 6 heteroatoms. The van der Waals surface area contributed by atoms with E-state index in [0.29, 0.717) is 13.2 Å². The highest BCUT2D eigenvalue weighted by Crippen LogP contribution is 2.44. The maximum atomic E-state index is 11.1. The molecule has 0 aromatic heterocycles. The summed E-state index contributed by atoms with van der Waals surface area (Å²) in [7, 11) is 0. The molecule has 2 aliphatic heterocycles. The predicted octanol–water partition coefficient (Wildman–Crippen LogP) is 5.80. The predicted molar refractivity (Wildman–Crippen MR) is 123 cm³/mol. The molecular weight excluding hydrogens is 404 g/mol. The number of nitrogens with zero attached hydrogens (tertiary/aromatic N) is 2. The quantitative estimate of drug-likeness (QED) is 0.390. The second kappa shape index (κ2) is 7.97. The van der Waals surface area contributed by atoms with E-state index in [1.807, 2.05) is 32.2 Å². The van der Waals surface area contributed by atoms with Gasteiger partial charge in [0.2, 0.25) is 0 Å². The van der Waals surface area contributed by atoms with Gasteiger partial charge in [0, 0.05) is 29.8 Å². The van der Waals surface area contributed by atoms with E-state index in [4.69, 9.17) is 9.47 Å². The molecule has 32 heavy (non-hydrogen) atoms. The number of ether oxygens (including phenoxy) is 2. The Morgan fingerprint density at radius 1 is 1.00 bits per heavy atom. The van der Waals surface area contributed by atoms with Gasteiger partial charge in [-0.3, -0.25) is 15.1 Å². The standard InChI is InChI=1S/C26H24N2O4/c1-26(2)31-16-24(25(32-26)17-9-11-21(12-10-17)28(29)30)18-7-8-20-15-27-14-19-5-3-4-6-22(19)23(20)13-18/h3-14,24-25H,15-16H2,1-2H3/t24-,25-/m1/s1. The van der Waals surface area contributed by atoms with Crippen molar-refractivity contribution in [2.45, 2.75) is 38.2 Å². The molecule has 3 aromatic rings. The first kappa shape index (κ1) is 20.5. The van der Waals surface area contributed by atoms with Crippen molar-refractivity contribution in [1.82, 2.24) is 0 Å². The van der Waals surface area contributed by atoms with E-state index in [0.717, 1.165) is 22.3 Å².